The normalized spacial score (nSPS) is 22.8. The number of hydrogen-bond donors (Lipinski definition) is 2. The van der Waals surface area contributed by atoms with Crippen LogP contribution in [0.25, 0.3) is 0 Å². The molecule has 134 valence electrons. The number of amides is 1. The number of halogens is 2. The van der Waals surface area contributed by atoms with Crippen LogP contribution in [0.2, 0.25) is 10.0 Å². The Morgan fingerprint density at radius 1 is 1.25 bits per heavy atom. The molecule has 0 aromatic heterocycles. The summed E-state index contributed by atoms with van der Waals surface area (Å²) in [5, 5.41) is 18.8. The molecule has 1 aliphatic carbocycles. The van der Waals surface area contributed by atoms with Crippen molar-refractivity contribution in [2.24, 2.45) is 0 Å². The summed E-state index contributed by atoms with van der Waals surface area (Å²) in [7, 11) is 1.98. The van der Waals surface area contributed by atoms with E-state index in [1.165, 1.54) is 12.1 Å². The molecular weight excluding hydrogens is 351 g/mol. The van der Waals surface area contributed by atoms with Gasteiger partial charge in [0.25, 0.3) is 0 Å². The molecule has 0 bridgehead atoms. The molecule has 2 N–H and O–H groups in total. The minimum absolute atomic E-state index is 0.129. The summed E-state index contributed by atoms with van der Waals surface area (Å²) >= 11 is 11.1. The van der Waals surface area contributed by atoms with E-state index in [2.05, 4.69) is 4.90 Å². The van der Waals surface area contributed by atoms with E-state index in [4.69, 9.17) is 28.3 Å². The number of likely N-dealkylation sites (tertiary alicyclic amines) is 1. The molecule has 0 radical (unpaired) electrons. The molecule has 0 spiro atoms. The second-order valence-electron chi connectivity index (χ2n) is 6.38. The van der Waals surface area contributed by atoms with Gasteiger partial charge in [-0.3, -0.25) is 9.69 Å². The quantitative estimate of drug-likeness (QED) is 0.853. The molecule has 2 fully saturated rings. The van der Waals surface area contributed by atoms with E-state index in [1.54, 1.807) is 6.07 Å². The number of rotatable bonds is 3. The van der Waals surface area contributed by atoms with E-state index in [1.807, 2.05) is 11.9 Å². The third-order valence-corrected chi connectivity index (χ3v) is 5.20. The Morgan fingerprint density at radius 3 is 2.38 bits per heavy atom. The van der Waals surface area contributed by atoms with Gasteiger partial charge in [-0.1, -0.05) is 23.2 Å². The monoisotopic (exact) mass is 374 g/mol. The molecule has 5 nitrogen and oxygen atoms in total. The maximum Gasteiger partial charge on any atom is 0.236 e. The Labute approximate surface area is 152 Å². The molecule has 24 heavy (non-hydrogen) atoms. The summed E-state index contributed by atoms with van der Waals surface area (Å²) in [6.45, 7) is 2.37. The SMILES string of the molecule is CN(CC(=O)N1CCCC1)C1CC(O)C1.Oc1ccc(Cl)c(Cl)c1. The van der Waals surface area contributed by atoms with Crippen LogP contribution in [0.4, 0.5) is 0 Å². The smallest absolute Gasteiger partial charge is 0.236 e. The predicted molar refractivity (Wildman–Crippen MR) is 95.6 cm³/mol. The first-order valence-corrected chi connectivity index (χ1v) is 8.92. The number of aliphatic hydroxyl groups is 1. The number of nitrogens with zero attached hydrogens (tertiary/aromatic N) is 2. The first-order valence-electron chi connectivity index (χ1n) is 8.17. The van der Waals surface area contributed by atoms with Crippen LogP contribution in [-0.4, -0.2) is 64.7 Å². The fraction of sp³-hybridized carbons (Fsp3) is 0.588. The zero-order valence-electron chi connectivity index (χ0n) is 13.8. The Balaban J connectivity index is 0.000000198. The third kappa shape index (κ3) is 5.52. The lowest BCUT2D eigenvalue weighted by molar-refractivity contribution is -0.132. The van der Waals surface area contributed by atoms with Crippen LogP contribution in [0.15, 0.2) is 18.2 Å². The highest BCUT2D eigenvalue weighted by Gasteiger charge is 2.32. The molecule has 1 saturated carbocycles. The number of benzene rings is 1. The van der Waals surface area contributed by atoms with Gasteiger partial charge in [0.05, 0.1) is 22.7 Å². The van der Waals surface area contributed by atoms with E-state index >= 15 is 0 Å². The van der Waals surface area contributed by atoms with Gasteiger partial charge in [0.2, 0.25) is 5.91 Å². The van der Waals surface area contributed by atoms with E-state index < -0.39 is 0 Å². The van der Waals surface area contributed by atoms with Gasteiger partial charge in [-0.15, -0.1) is 0 Å². The van der Waals surface area contributed by atoms with Crippen LogP contribution in [-0.2, 0) is 4.79 Å². The standard InChI is InChI=1S/C11H20N2O2.C6H4Cl2O/c1-12(9-6-10(14)7-9)8-11(15)13-4-2-3-5-13;7-5-2-1-4(9)3-6(5)8/h9-10,14H,2-8H2,1H3;1-3,9H. The maximum atomic E-state index is 11.8. The van der Waals surface area contributed by atoms with Crippen LogP contribution in [0.5, 0.6) is 5.75 Å². The van der Waals surface area contributed by atoms with Crippen molar-refractivity contribution in [3.05, 3.63) is 28.2 Å². The minimum Gasteiger partial charge on any atom is -0.508 e. The molecule has 1 amide bonds. The molecule has 1 aromatic rings. The third-order valence-electron chi connectivity index (χ3n) is 4.46. The number of carbonyl (C=O) groups is 1. The Bertz CT molecular complexity index is 559. The van der Waals surface area contributed by atoms with Crippen molar-refractivity contribution >= 4 is 29.1 Å². The number of phenolic OH excluding ortho intramolecular Hbond substituents is 1. The summed E-state index contributed by atoms with van der Waals surface area (Å²) in [5.74, 6) is 0.376. The van der Waals surface area contributed by atoms with Crippen molar-refractivity contribution in [1.82, 2.24) is 9.80 Å². The topological polar surface area (TPSA) is 64.0 Å². The number of likely N-dealkylation sites (N-methyl/N-ethyl adjacent to an activating group) is 1. The molecular formula is C17H24Cl2N2O3. The van der Waals surface area contributed by atoms with E-state index in [9.17, 15) is 9.90 Å². The minimum atomic E-state index is -0.140. The van der Waals surface area contributed by atoms with Crippen LogP contribution in [0.1, 0.15) is 25.7 Å². The number of carbonyl (C=O) groups excluding carboxylic acids is 1. The van der Waals surface area contributed by atoms with Crippen molar-refractivity contribution in [2.45, 2.75) is 37.8 Å². The largest absolute Gasteiger partial charge is 0.508 e. The molecule has 1 aromatic carbocycles. The van der Waals surface area contributed by atoms with Gasteiger partial charge < -0.3 is 15.1 Å². The van der Waals surface area contributed by atoms with E-state index in [0.29, 0.717) is 22.6 Å². The number of aliphatic hydroxyl groups excluding tert-OH is 1. The van der Waals surface area contributed by atoms with Crippen molar-refractivity contribution in [3.63, 3.8) is 0 Å². The van der Waals surface area contributed by atoms with Gasteiger partial charge in [0.1, 0.15) is 5.75 Å². The van der Waals surface area contributed by atoms with Gasteiger partial charge in [0.15, 0.2) is 0 Å². The molecule has 1 heterocycles. The predicted octanol–water partition coefficient (Wildman–Crippen LogP) is 2.76. The van der Waals surface area contributed by atoms with Crippen molar-refractivity contribution < 1.29 is 15.0 Å². The number of phenols is 1. The van der Waals surface area contributed by atoms with Gasteiger partial charge in [-0.05, 0) is 50.9 Å². The van der Waals surface area contributed by atoms with Crippen molar-refractivity contribution in [1.29, 1.82) is 0 Å². The second-order valence-corrected chi connectivity index (χ2v) is 7.19. The summed E-state index contributed by atoms with van der Waals surface area (Å²) in [5.41, 5.74) is 0. The van der Waals surface area contributed by atoms with Gasteiger partial charge in [-0.2, -0.15) is 0 Å². The van der Waals surface area contributed by atoms with E-state index in [0.717, 1.165) is 38.8 Å². The average molecular weight is 375 g/mol. The molecule has 7 heteroatoms. The summed E-state index contributed by atoms with van der Waals surface area (Å²) in [4.78, 5) is 15.8. The lowest BCUT2D eigenvalue weighted by atomic mass is 9.88. The first-order chi connectivity index (χ1) is 11.4. The zero-order chi connectivity index (χ0) is 17.7. The molecule has 0 atom stereocenters. The lowest BCUT2D eigenvalue weighted by Gasteiger charge is -2.38. The van der Waals surface area contributed by atoms with Crippen LogP contribution in [0, 0.1) is 0 Å². The molecule has 0 unspecified atom stereocenters. The molecule has 2 aliphatic rings. The van der Waals surface area contributed by atoms with Crippen LogP contribution in [0.3, 0.4) is 0 Å². The second kappa shape index (κ2) is 8.90. The van der Waals surface area contributed by atoms with Gasteiger partial charge in [0, 0.05) is 19.1 Å². The molecule has 3 rings (SSSR count). The fourth-order valence-electron chi connectivity index (χ4n) is 2.81. The lowest BCUT2D eigenvalue weighted by Crippen LogP contribution is -2.49. The molecule has 1 saturated heterocycles. The highest BCUT2D eigenvalue weighted by atomic mass is 35.5. The first kappa shape index (κ1) is 19.3. The van der Waals surface area contributed by atoms with Gasteiger partial charge in [-0.25, -0.2) is 0 Å². The zero-order valence-corrected chi connectivity index (χ0v) is 15.3. The highest BCUT2D eigenvalue weighted by Crippen LogP contribution is 2.25. The van der Waals surface area contributed by atoms with Crippen molar-refractivity contribution in [3.8, 4) is 5.75 Å². The maximum absolute atomic E-state index is 11.8. The number of aromatic hydroxyl groups is 1. The number of hydrogen-bond acceptors (Lipinski definition) is 4. The molecule has 1 aliphatic heterocycles. The Kier molecular flexibility index (Phi) is 7.16. The summed E-state index contributed by atoms with van der Waals surface area (Å²) < 4.78 is 0. The van der Waals surface area contributed by atoms with Crippen LogP contribution < -0.4 is 0 Å². The average Bonchev–Trinajstić information content (AvgIpc) is 3.03. The van der Waals surface area contributed by atoms with Gasteiger partial charge >= 0.3 is 0 Å². The highest BCUT2D eigenvalue weighted by molar-refractivity contribution is 6.42. The van der Waals surface area contributed by atoms with Crippen molar-refractivity contribution in [2.75, 3.05) is 26.7 Å². The summed E-state index contributed by atoms with van der Waals surface area (Å²) in [6.07, 6.45) is 3.81. The van der Waals surface area contributed by atoms with Crippen LogP contribution >= 0.6 is 23.2 Å². The Hall–Kier alpha value is -1.01. The summed E-state index contributed by atoms with van der Waals surface area (Å²) in [6, 6.07) is 4.82. The Morgan fingerprint density at radius 2 is 1.88 bits per heavy atom. The van der Waals surface area contributed by atoms with E-state index in [-0.39, 0.29) is 17.8 Å². The fourth-order valence-corrected chi connectivity index (χ4v) is 3.11.